The fourth-order valence-corrected chi connectivity index (χ4v) is 1.08. The van der Waals surface area contributed by atoms with Gasteiger partial charge in [0.05, 0.1) is 0 Å². The van der Waals surface area contributed by atoms with Gasteiger partial charge in [-0.15, -0.1) is 0 Å². The lowest BCUT2D eigenvalue weighted by Crippen LogP contribution is -2.01. The molecule has 0 amide bonds. The number of nitrogens with zero attached hydrogens (tertiary/aromatic N) is 1. The minimum atomic E-state index is 0.766. The Kier molecular flexibility index (Phi) is 3.05. The van der Waals surface area contributed by atoms with E-state index in [1.807, 2.05) is 12.4 Å². The third-order valence-electron chi connectivity index (χ3n) is 1.79. The van der Waals surface area contributed by atoms with Crippen LogP contribution in [0.25, 0.3) is 0 Å². The van der Waals surface area contributed by atoms with Crippen LogP contribution in [0.3, 0.4) is 0 Å². The summed E-state index contributed by atoms with van der Waals surface area (Å²) in [6, 6.07) is 2.06. The molecule has 0 radical (unpaired) electrons. The first-order valence-corrected chi connectivity index (χ1v) is 3.94. The maximum atomic E-state index is 5.41. The lowest BCUT2D eigenvalue weighted by Gasteiger charge is -2.02. The summed E-state index contributed by atoms with van der Waals surface area (Å²) in [5.41, 5.74) is 8.04. The van der Waals surface area contributed by atoms with Gasteiger partial charge >= 0.3 is 0 Å². The number of hydrogen-bond donors (Lipinski definition) is 1. The molecular weight excluding hydrogens is 136 g/mol. The van der Waals surface area contributed by atoms with Crippen molar-refractivity contribution < 1.29 is 0 Å². The van der Waals surface area contributed by atoms with Crippen molar-refractivity contribution in [2.24, 2.45) is 5.73 Å². The van der Waals surface area contributed by atoms with Gasteiger partial charge in [0.1, 0.15) is 0 Å². The molecule has 2 nitrogen and oxygen atoms in total. The van der Waals surface area contributed by atoms with Crippen molar-refractivity contribution in [1.82, 2.24) is 4.98 Å². The van der Waals surface area contributed by atoms with E-state index in [-0.39, 0.29) is 0 Å². The molecule has 1 aromatic heterocycles. The number of hydrogen-bond acceptors (Lipinski definition) is 2. The Morgan fingerprint density at radius 2 is 2.36 bits per heavy atom. The predicted molar refractivity (Wildman–Crippen MR) is 46.3 cm³/mol. The molecule has 0 aromatic carbocycles. The van der Waals surface area contributed by atoms with Gasteiger partial charge in [0, 0.05) is 12.4 Å². The molecule has 2 heteroatoms. The summed E-state index contributed by atoms with van der Waals surface area (Å²) in [6.45, 7) is 2.85. The molecule has 0 saturated heterocycles. The van der Waals surface area contributed by atoms with E-state index < -0.39 is 0 Å². The molecule has 0 spiro atoms. The smallest absolute Gasteiger partial charge is 0.0299 e. The molecule has 1 aromatic rings. The van der Waals surface area contributed by atoms with Crippen molar-refractivity contribution in [1.29, 1.82) is 0 Å². The molecule has 0 aliphatic carbocycles. The topological polar surface area (TPSA) is 38.9 Å². The van der Waals surface area contributed by atoms with E-state index in [4.69, 9.17) is 5.73 Å². The van der Waals surface area contributed by atoms with Crippen LogP contribution in [0, 0.1) is 6.92 Å². The molecule has 60 valence electrons. The monoisotopic (exact) mass is 150 g/mol. The summed E-state index contributed by atoms with van der Waals surface area (Å²) >= 11 is 0. The molecule has 0 fully saturated rings. The second-order valence-electron chi connectivity index (χ2n) is 2.69. The standard InChI is InChI=1S/C9H14N2/c1-8-7-11-6-4-9(8)3-2-5-10/h4,6-7H,2-3,5,10H2,1H3. The molecule has 2 N–H and O–H groups in total. The van der Waals surface area contributed by atoms with Crippen LogP contribution in [0.1, 0.15) is 17.5 Å². The number of nitrogens with two attached hydrogens (primary N) is 1. The highest BCUT2D eigenvalue weighted by molar-refractivity contribution is 5.21. The van der Waals surface area contributed by atoms with Crippen LogP contribution in [0.4, 0.5) is 0 Å². The second-order valence-corrected chi connectivity index (χ2v) is 2.69. The number of rotatable bonds is 3. The van der Waals surface area contributed by atoms with Crippen molar-refractivity contribution in [2.45, 2.75) is 19.8 Å². The second kappa shape index (κ2) is 4.09. The van der Waals surface area contributed by atoms with Gasteiger partial charge in [0.25, 0.3) is 0 Å². The first-order chi connectivity index (χ1) is 5.34. The van der Waals surface area contributed by atoms with Gasteiger partial charge in [0.2, 0.25) is 0 Å². The molecule has 11 heavy (non-hydrogen) atoms. The highest BCUT2D eigenvalue weighted by Crippen LogP contribution is 2.06. The Balaban J connectivity index is 2.62. The number of aryl methyl sites for hydroxylation is 2. The summed E-state index contributed by atoms with van der Waals surface area (Å²) in [6.07, 6.45) is 5.86. The van der Waals surface area contributed by atoms with Crippen molar-refractivity contribution >= 4 is 0 Å². The van der Waals surface area contributed by atoms with Crippen LogP contribution >= 0.6 is 0 Å². The van der Waals surface area contributed by atoms with Crippen molar-refractivity contribution in [3.63, 3.8) is 0 Å². The maximum absolute atomic E-state index is 5.41. The minimum Gasteiger partial charge on any atom is -0.330 e. The lowest BCUT2D eigenvalue weighted by molar-refractivity contribution is 0.826. The Morgan fingerprint density at radius 1 is 1.55 bits per heavy atom. The van der Waals surface area contributed by atoms with Gasteiger partial charge in [-0.1, -0.05) is 0 Å². The summed E-state index contributed by atoms with van der Waals surface area (Å²) < 4.78 is 0. The Morgan fingerprint density at radius 3 is 3.00 bits per heavy atom. The van der Waals surface area contributed by atoms with Crippen LogP contribution in [0.2, 0.25) is 0 Å². The highest BCUT2D eigenvalue weighted by atomic mass is 14.6. The molecule has 0 saturated carbocycles. The van der Waals surface area contributed by atoms with E-state index in [0.29, 0.717) is 0 Å². The minimum absolute atomic E-state index is 0.766. The van der Waals surface area contributed by atoms with Gasteiger partial charge < -0.3 is 5.73 Å². The van der Waals surface area contributed by atoms with Crippen LogP contribution in [0.5, 0.6) is 0 Å². The summed E-state index contributed by atoms with van der Waals surface area (Å²) in [4.78, 5) is 4.02. The molecule has 0 aliphatic heterocycles. The SMILES string of the molecule is Cc1cnccc1CCCN. The van der Waals surface area contributed by atoms with E-state index in [1.54, 1.807) is 0 Å². The van der Waals surface area contributed by atoms with Gasteiger partial charge in [-0.25, -0.2) is 0 Å². The number of aromatic nitrogens is 1. The highest BCUT2D eigenvalue weighted by Gasteiger charge is 1.94. The van der Waals surface area contributed by atoms with Crippen LogP contribution in [-0.4, -0.2) is 11.5 Å². The zero-order chi connectivity index (χ0) is 8.10. The number of pyridine rings is 1. The van der Waals surface area contributed by atoms with Crippen molar-refractivity contribution in [3.8, 4) is 0 Å². The normalized spacial score (nSPS) is 10.0. The molecule has 0 bridgehead atoms. The van der Waals surface area contributed by atoms with E-state index in [2.05, 4.69) is 18.0 Å². The molecule has 1 rings (SSSR count). The zero-order valence-electron chi connectivity index (χ0n) is 6.88. The Bertz CT molecular complexity index is 221. The molecule has 1 heterocycles. The van der Waals surface area contributed by atoms with Gasteiger partial charge in [-0.05, 0) is 43.5 Å². The van der Waals surface area contributed by atoms with E-state index in [1.165, 1.54) is 11.1 Å². The quantitative estimate of drug-likeness (QED) is 0.705. The van der Waals surface area contributed by atoms with Gasteiger partial charge in [-0.3, -0.25) is 4.98 Å². The van der Waals surface area contributed by atoms with E-state index in [9.17, 15) is 0 Å². The van der Waals surface area contributed by atoms with Crippen LogP contribution in [0.15, 0.2) is 18.5 Å². The maximum Gasteiger partial charge on any atom is 0.0299 e. The lowest BCUT2D eigenvalue weighted by atomic mass is 10.1. The Labute approximate surface area is 67.5 Å². The summed E-state index contributed by atoms with van der Waals surface area (Å²) in [7, 11) is 0. The van der Waals surface area contributed by atoms with Crippen molar-refractivity contribution in [3.05, 3.63) is 29.6 Å². The predicted octanol–water partition coefficient (Wildman–Crippen LogP) is 1.28. The molecule has 0 atom stereocenters. The molecule has 0 unspecified atom stereocenters. The first-order valence-electron chi connectivity index (χ1n) is 3.94. The van der Waals surface area contributed by atoms with E-state index >= 15 is 0 Å². The van der Waals surface area contributed by atoms with Gasteiger partial charge in [-0.2, -0.15) is 0 Å². The average Bonchev–Trinajstić information content (AvgIpc) is 2.03. The molecular formula is C9H14N2. The van der Waals surface area contributed by atoms with Crippen LogP contribution in [-0.2, 0) is 6.42 Å². The summed E-state index contributed by atoms with van der Waals surface area (Å²) in [5.74, 6) is 0. The largest absolute Gasteiger partial charge is 0.330 e. The van der Waals surface area contributed by atoms with Crippen molar-refractivity contribution in [2.75, 3.05) is 6.54 Å². The third kappa shape index (κ3) is 2.31. The fraction of sp³-hybridized carbons (Fsp3) is 0.444. The average molecular weight is 150 g/mol. The third-order valence-corrected chi connectivity index (χ3v) is 1.79. The van der Waals surface area contributed by atoms with E-state index in [0.717, 1.165) is 19.4 Å². The fourth-order valence-electron chi connectivity index (χ4n) is 1.08. The Hall–Kier alpha value is -0.890. The van der Waals surface area contributed by atoms with Crippen LogP contribution < -0.4 is 5.73 Å². The zero-order valence-corrected chi connectivity index (χ0v) is 6.88. The first kappa shape index (κ1) is 8.21. The summed E-state index contributed by atoms with van der Waals surface area (Å²) in [5, 5.41) is 0. The molecule has 0 aliphatic rings. The van der Waals surface area contributed by atoms with Gasteiger partial charge in [0.15, 0.2) is 0 Å².